The Morgan fingerprint density at radius 2 is 1.71 bits per heavy atom. The summed E-state index contributed by atoms with van der Waals surface area (Å²) in [6, 6.07) is 1.67. The number of nitrogens with one attached hydrogen (secondary N) is 1. The second-order valence-electron chi connectivity index (χ2n) is 8.28. The van der Waals surface area contributed by atoms with Crippen molar-refractivity contribution in [1.29, 1.82) is 0 Å². The van der Waals surface area contributed by atoms with E-state index in [1.54, 1.807) is 12.3 Å². The average molecular weight is 350 g/mol. The topological polar surface area (TPSA) is 42.1 Å². The maximum atomic E-state index is 12.5. The summed E-state index contributed by atoms with van der Waals surface area (Å²) in [4.78, 5) is 15.9. The lowest BCUT2D eigenvalue weighted by Gasteiger charge is -2.46. The molecule has 2 rings (SSSR count). The van der Waals surface area contributed by atoms with Gasteiger partial charge in [0.25, 0.3) is 0 Å². The molecule has 0 radical (unpaired) electrons. The molecule has 4 heteroatoms. The van der Waals surface area contributed by atoms with Gasteiger partial charge in [-0.25, -0.2) is 0 Å². The van der Waals surface area contributed by atoms with Crippen LogP contribution in [-0.2, 0) is 4.43 Å². The molecule has 24 heavy (non-hydrogen) atoms. The zero-order valence-corrected chi connectivity index (χ0v) is 17.5. The minimum absolute atomic E-state index is 0.0515. The molecule has 2 atom stereocenters. The van der Waals surface area contributed by atoms with Crippen molar-refractivity contribution >= 4 is 8.32 Å². The van der Waals surface area contributed by atoms with Crippen LogP contribution >= 0.6 is 0 Å². The molecule has 1 heterocycles. The molecule has 0 saturated heterocycles. The van der Waals surface area contributed by atoms with E-state index < -0.39 is 8.32 Å². The lowest BCUT2D eigenvalue weighted by atomic mass is 9.82. The highest BCUT2D eigenvalue weighted by Crippen LogP contribution is 2.48. The Hall–Kier alpha value is -0.873. The molecule has 0 aliphatic heterocycles. The van der Waals surface area contributed by atoms with Crippen LogP contribution in [0.2, 0.25) is 16.6 Å². The van der Waals surface area contributed by atoms with Gasteiger partial charge in [0.05, 0.1) is 11.8 Å². The normalized spacial score (nSPS) is 21.6. The highest BCUT2D eigenvalue weighted by Gasteiger charge is 2.47. The third-order valence-corrected chi connectivity index (χ3v) is 12.2. The van der Waals surface area contributed by atoms with E-state index in [0.29, 0.717) is 22.5 Å². The number of H-pyrrole nitrogens is 1. The summed E-state index contributed by atoms with van der Waals surface area (Å²) in [5.41, 5.74) is 3.88. The first kappa shape index (κ1) is 19.5. The van der Waals surface area contributed by atoms with Crippen molar-refractivity contribution in [1.82, 2.24) is 4.98 Å². The first-order valence-corrected chi connectivity index (χ1v) is 11.8. The van der Waals surface area contributed by atoms with Gasteiger partial charge >= 0.3 is 0 Å². The fourth-order valence-electron chi connectivity index (χ4n) is 5.02. The van der Waals surface area contributed by atoms with Crippen LogP contribution in [0.3, 0.4) is 0 Å². The van der Waals surface area contributed by atoms with E-state index in [0.717, 1.165) is 30.5 Å². The number of hydrogen-bond acceptors (Lipinski definition) is 2. The summed E-state index contributed by atoms with van der Waals surface area (Å²) in [5, 5.41) is 0. The number of aromatic amines is 1. The van der Waals surface area contributed by atoms with E-state index in [2.05, 4.69) is 53.5 Å². The van der Waals surface area contributed by atoms with Crippen LogP contribution in [0, 0.1) is 0 Å². The van der Waals surface area contributed by atoms with Crippen LogP contribution < -0.4 is 5.43 Å². The third-order valence-electron chi connectivity index (χ3n) is 6.08. The lowest BCUT2D eigenvalue weighted by molar-refractivity contribution is 0.145. The van der Waals surface area contributed by atoms with Crippen molar-refractivity contribution in [2.24, 2.45) is 0 Å². The van der Waals surface area contributed by atoms with Crippen LogP contribution in [-0.4, -0.2) is 13.3 Å². The SMILES string of the molecule is CC[C@H]1CC[C@H](O[Si](C(C)C)(C(C)C)C(C)C)c2[nH]ccc(=O)c21. The fourth-order valence-corrected chi connectivity index (χ4v) is 10.6. The zero-order valence-electron chi connectivity index (χ0n) is 16.5. The second-order valence-corrected chi connectivity index (χ2v) is 13.7. The van der Waals surface area contributed by atoms with Gasteiger partial charge in [0.1, 0.15) is 0 Å². The Morgan fingerprint density at radius 3 is 2.21 bits per heavy atom. The molecule has 3 nitrogen and oxygen atoms in total. The highest BCUT2D eigenvalue weighted by atomic mass is 28.4. The summed E-state index contributed by atoms with van der Waals surface area (Å²) in [6.45, 7) is 16.1. The van der Waals surface area contributed by atoms with Gasteiger partial charge in [-0.15, -0.1) is 0 Å². The molecular weight excluding hydrogens is 314 g/mol. The van der Waals surface area contributed by atoms with Crippen molar-refractivity contribution in [3.8, 4) is 0 Å². The van der Waals surface area contributed by atoms with E-state index in [1.165, 1.54) is 0 Å². The summed E-state index contributed by atoms with van der Waals surface area (Å²) < 4.78 is 7.01. The van der Waals surface area contributed by atoms with Gasteiger partial charge in [-0.1, -0.05) is 48.5 Å². The number of aromatic nitrogens is 1. The summed E-state index contributed by atoms with van der Waals surface area (Å²) >= 11 is 0. The van der Waals surface area contributed by atoms with Crippen LogP contribution in [0.4, 0.5) is 0 Å². The zero-order chi connectivity index (χ0) is 18.1. The predicted molar refractivity (Wildman–Crippen MR) is 104 cm³/mol. The van der Waals surface area contributed by atoms with Crippen molar-refractivity contribution in [2.75, 3.05) is 0 Å². The first-order chi connectivity index (χ1) is 11.3. The van der Waals surface area contributed by atoms with Crippen molar-refractivity contribution in [3.63, 3.8) is 0 Å². The number of rotatable bonds is 6. The molecule has 0 amide bonds. The molecule has 1 aliphatic carbocycles. The Labute approximate surface area is 148 Å². The van der Waals surface area contributed by atoms with E-state index in [9.17, 15) is 4.79 Å². The van der Waals surface area contributed by atoms with Crippen LogP contribution in [0.5, 0.6) is 0 Å². The van der Waals surface area contributed by atoms with Crippen molar-refractivity contribution in [3.05, 3.63) is 33.7 Å². The summed E-state index contributed by atoms with van der Waals surface area (Å²) in [5.74, 6) is 0.373. The quantitative estimate of drug-likeness (QED) is 0.650. The highest BCUT2D eigenvalue weighted by molar-refractivity contribution is 6.77. The predicted octanol–water partition coefficient (Wildman–Crippen LogP) is 5.90. The Morgan fingerprint density at radius 1 is 1.12 bits per heavy atom. The van der Waals surface area contributed by atoms with Gasteiger partial charge in [0.15, 0.2) is 5.43 Å². The van der Waals surface area contributed by atoms with Gasteiger partial charge in [0.2, 0.25) is 8.32 Å². The molecule has 0 spiro atoms. The lowest BCUT2D eigenvalue weighted by Crippen LogP contribution is -2.49. The molecule has 1 aromatic rings. The van der Waals surface area contributed by atoms with E-state index in [-0.39, 0.29) is 11.5 Å². The maximum absolute atomic E-state index is 12.5. The average Bonchev–Trinajstić information content (AvgIpc) is 2.51. The third kappa shape index (κ3) is 3.27. The Bertz CT molecular complexity index is 584. The standard InChI is InChI=1S/C20H35NO2Si/c1-8-16-9-10-18(20-19(16)17(22)11-12-21-20)23-24(13(2)3,14(4)5)15(6)7/h11-16,18H,8-10H2,1-7H3,(H,21,22)/t16-,18-/m0/s1. The van der Waals surface area contributed by atoms with E-state index in [4.69, 9.17) is 4.43 Å². The minimum Gasteiger partial charge on any atom is -0.408 e. The molecule has 0 unspecified atom stereocenters. The number of hydrogen-bond donors (Lipinski definition) is 1. The molecule has 1 aliphatic rings. The maximum Gasteiger partial charge on any atom is 0.201 e. The molecule has 0 fully saturated rings. The molecule has 0 aromatic carbocycles. The molecule has 1 N–H and O–H groups in total. The molecule has 136 valence electrons. The van der Waals surface area contributed by atoms with Crippen LogP contribution in [0.25, 0.3) is 0 Å². The monoisotopic (exact) mass is 349 g/mol. The fraction of sp³-hybridized carbons (Fsp3) is 0.750. The minimum atomic E-state index is -1.96. The van der Waals surface area contributed by atoms with Crippen LogP contribution in [0.1, 0.15) is 91.0 Å². The van der Waals surface area contributed by atoms with Crippen molar-refractivity contribution in [2.45, 2.75) is 96.4 Å². The van der Waals surface area contributed by atoms with Gasteiger partial charge in [-0.3, -0.25) is 4.79 Å². The Kier molecular flexibility index (Phi) is 6.13. The first-order valence-electron chi connectivity index (χ1n) is 9.64. The number of pyridine rings is 1. The smallest absolute Gasteiger partial charge is 0.201 e. The van der Waals surface area contributed by atoms with Gasteiger partial charge in [0, 0.05) is 17.8 Å². The van der Waals surface area contributed by atoms with E-state index in [1.807, 2.05) is 0 Å². The number of fused-ring (bicyclic) bond motifs is 1. The summed E-state index contributed by atoms with van der Waals surface area (Å²) in [7, 11) is -1.96. The van der Waals surface area contributed by atoms with Crippen LogP contribution in [0.15, 0.2) is 17.1 Å². The van der Waals surface area contributed by atoms with Crippen molar-refractivity contribution < 1.29 is 4.43 Å². The largest absolute Gasteiger partial charge is 0.408 e. The van der Waals surface area contributed by atoms with E-state index >= 15 is 0 Å². The summed E-state index contributed by atoms with van der Waals surface area (Å²) in [6.07, 6.45) is 4.94. The Balaban J connectivity index is 2.47. The second kappa shape index (κ2) is 7.57. The molecular formula is C20H35NO2Si. The molecule has 0 bridgehead atoms. The molecule has 1 aromatic heterocycles. The molecule has 0 saturated carbocycles. The van der Waals surface area contributed by atoms with Gasteiger partial charge in [-0.05, 0) is 41.8 Å². The van der Waals surface area contributed by atoms with Gasteiger partial charge in [-0.2, -0.15) is 0 Å². The van der Waals surface area contributed by atoms with Gasteiger partial charge < -0.3 is 9.41 Å².